The van der Waals surface area contributed by atoms with Crippen LogP contribution in [0.25, 0.3) is 27.3 Å². The minimum atomic E-state index is 0.226. The van der Waals surface area contributed by atoms with Gasteiger partial charge in [0.25, 0.3) is 0 Å². The van der Waals surface area contributed by atoms with Gasteiger partial charge in [-0.25, -0.2) is 0 Å². The maximum atomic E-state index is 4.93. The summed E-state index contributed by atoms with van der Waals surface area (Å²) in [6, 6.07) is 16.2. The van der Waals surface area contributed by atoms with Gasteiger partial charge in [-0.1, -0.05) is 43.9 Å². The summed E-state index contributed by atoms with van der Waals surface area (Å²) in [7, 11) is 0. The van der Waals surface area contributed by atoms with E-state index in [1.165, 1.54) is 36.6 Å². The van der Waals surface area contributed by atoms with E-state index >= 15 is 0 Å². The zero-order valence-electron chi connectivity index (χ0n) is 15.2. The van der Waals surface area contributed by atoms with E-state index in [9.17, 15) is 0 Å². The molecule has 0 aliphatic heterocycles. The Morgan fingerprint density at radius 3 is 2.64 bits per heavy atom. The van der Waals surface area contributed by atoms with Gasteiger partial charge in [0.2, 0.25) is 0 Å². The van der Waals surface area contributed by atoms with Crippen LogP contribution >= 0.6 is 19.8 Å². The number of aryl methyl sites for hydroxylation is 1. The second-order valence-electron chi connectivity index (χ2n) is 7.64. The molecule has 2 aromatic heterocycles. The molecule has 4 rings (SSSR count). The Hall–Kier alpha value is -0.997. The Morgan fingerprint density at radius 2 is 1.92 bits per heavy atom. The second kappa shape index (κ2) is 7.32. The Balaban J connectivity index is 0.000000880. The molecule has 2 nitrogen and oxygen atoms in total. The number of hydrogen-bond acceptors (Lipinski definition) is 1. The van der Waals surface area contributed by atoms with Gasteiger partial charge in [0, 0.05) is 17.4 Å². The maximum absolute atomic E-state index is 4.93. The fourth-order valence-corrected chi connectivity index (χ4v) is 3.34. The Kier molecular flexibility index (Phi) is 5.50. The van der Waals surface area contributed by atoms with Crippen molar-refractivity contribution >= 4 is 47.1 Å². The van der Waals surface area contributed by atoms with Crippen LogP contribution in [0.5, 0.6) is 0 Å². The molecule has 0 aliphatic carbocycles. The fraction of sp³-hybridized carbons (Fsp3) is 0.286. The van der Waals surface area contributed by atoms with Gasteiger partial charge in [0.15, 0.2) is 0 Å². The van der Waals surface area contributed by atoms with Crippen molar-refractivity contribution in [3.05, 3.63) is 59.9 Å². The molecule has 2 heterocycles. The van der Waals surface area contributed by atoms with E-state index in [1.54, 1.807) is 0 Å². The summed E-state index contributed by atoms with van der Waals surface area (Å²) >= 11 is 3.62. The van der Waals surface area contributed by atoms with E-state index in [-0.39, 0.29) is 5.41 Å². The molecule has 0 atom stereocenters. The van der Waals surface area contributed by atoms with Gasteiger partial charge in [-0.3, -0.25) is 4.98 Å². The van der Waals surface area contributed by atoms with Gasteiger partial charge in [-0.15, -0.1) is 29.7 Å². The molecule has 124 valence electrons. The third-order valence-electron chi connectivity index (χ3n) is 4.25. The van der Waals surface area contributed by atoms with Gasteiger partial charge in [-0.2, -0.15) is 0 Å². The van der Waals surface area contributed by atoms with Gasteiger partial charge in [0.1, 0.15) is 0 Å². The number of aromatic nitrogens is 2. The quantitative estimate of drug-likeness (QED) is 0.133. The molecular weight excluding hydrogens is 473 g/mol. The van der Waals surface area contributed by atoms with Crippen molar-refractivity contribution in [3.8, 4) is 0 Å². The number of hydrogen-bond donors (Lipinski definition) is 0. The molecule has 0 spiro atoms. The summed E-state index contributed by atoms with van der Waals surface area (Å²) in [6.07, 6.45) is 3.16. The molecule has 0 amide bonds. The van der Waals surface area contributed by atoms with E-state index in [4.69, 9.17) is 4.98 Å². The monoisotopic (exact) mass is 492 g/mol. The topological polar surface area (TPSA) is 17.3 Å². The van der Waals surface area contributed by atoms with Crippen LogP contribution in [0.2, 0.25) is 0 Å². The van der Waals surface area contributed by atoms with Gasteiger partial charge in [0.05, 0.1) is 5.65 Å². The number of imidazole rings is 1. The molecule has 0 saturated heterocycles. The van der Waals surface area contributed by atoms with Gasteiger partial charge in [-0.05, 0) is 30.2 Å². The van der Waals surface area contributed by atoms with Crippen LogP contribution in [0, 0.1) is 18.4 Å². The summed E-state index contributed by atoms with van der Waals surface area (Å²) in [5.41, 5.74) is 4.87. The van der Waals surface area contributed by atoms with Crippen molar-refractivity contribution in [3.63, 3.8) is 0 Å². The van der Waals surface area contributed by atoms with Gasteiger partial charge < -0.3 is 4.40 Å². The van der Waals surface area contributed by atoms with E-state index in [1.807, 2.05) is 6.07 Å². The number of halogens is 1. The van der Waals surface area contributed by atoms with E-state index in [2.05, 4.69) is 94.4 Å². The summed E-state index contributed by atoms with van der Waals surface area (Å²) in [6.45, 7) is 8.90. The summed E-state index contributed by atoms with van der Waals surface area (Å²) in [5, 5.41) is 3.60. The van der Waals surface area contributed by atoms with Crippen molar-refractivity contribution in [1.29, 1.82) is 0 Å². The first kappa shape index (κ1) is 18.8. The standard InChI is InChI=1S/C21H21N2.HI.Zn/c1-14-9-10-19-18(11-14)16-7-5-6-8-17(16)20-22-15(13-23(19)20)12-21(2,3)4;;/h5-7,9-11,13H,12H2,1-4H3;1H;/q-1;;+2/p-1. The molecule has 0 fully saturated rings. The molecule has 0 N–H and O–H groups in total. The van der Waals surface area contributed by atoms with Crippen molar-refractivity contribution < 1.29 is 14.8 Å². The number of pyridine rings is 1. The van der Waals surface area contributed by atoms with Crippen molar-refractivity contribution in [2.45, 2.75) is 34.1 Å². The molecule has 0 saturated carbocycles. The number of fused-ring (bicyclic) bond motifs is 6. The predicted octanol–water partition coefficient (Wildman–Crippen LogP) is 6.22. The van der Waals surface area contributed by atoms with Gasteiger partial charge >= 0.3 is 34.5 Å². The molecule has 0 radical (unpaired) electrons. The Morgan fingerprint density at radius 1 is 1.16 bits per heavy atom. The molecule has 0 bridgehead atoms. The van der Waals surface area contributed by atoms with Crippen LogP contribution in [-0.2, 0) is 21.2 Å². The average molecular weight is 494 g/mol. The van der Waals surface area contributed by atoms with Crippen LogP contribution < -0.4 is 0 Å². The molecule has 0 unspecified atom stereocenters. The zero-order valence-corrected chi connectivity index (χ0v) is 20.4. The fourth-order valence-electron chi connectivity index (χ4n) is 3.34. The summed E-state index contributed by atoms with van der Waals surface area (Å²) in [4.78, 5) is 4.93. The summed E-state index contributed by atoms with van der Waals surface area (Å²) < 4.78 is 2.23. The molecular formula is C21H21IN2Zn. The molecule has 4 aromatic rings. The van der Waals surface area contributed by atoms with E-state index < -0.39 is 0 Å². The predicted molar refractivity (Wildman–Crippen MR) is 111 cm³/mol. The van der Waals surface area contributed by atoms with Crippen LogP contribution in [-0.4, -0.2) is 9.38 Å². The first-order valence-electron chi connectivity index (χ1n) is 8.40. The number of nitrogens with zero attached hydrogens (tertiary/aromatic N) is 2. The van der Waals surface area contributed by atoms with Crippen LogP contribution in [0.3, 0.4) is 0 Å². The summed E-state index contributed by atoms with van der Waals surface area (Å²) in [5.74, 6) is 0. The number of benzene rings is 2. The normalized spacial score (nSPS) is 11.8. The first-order valence-corrected chi connectivity index (χ1v) is 17.4. The van der Waals surface area contributed by atoms with Crippen molar-refractivity contribution in [2.75, 3.05) is 0 Å². The van der Waals surface area contributed by atoms with Crippen LogP contribution in [0.15, 0.2) is 42.6 Å². The third-order valence-corrected chi connectivity index (χ3v) is 4.25. The van der Waals surface area contributed by atoms with Crippen molar-refractivity contribution in [1.82, 2.24) is 9.38 Å². The Labute approximate surface area is 169 Å². The second-order valence-corrected chi connectivity index (χ2v) is 7.64. The van der Waals surface area contributed by atoms with E-state index in [0.29, 0.717) is 0 Å². The van der Waals surface area contributed by atoms with Crippen LogP contribution in [0.4, 0.5) is 0 Å². The SMILES string of the molecule is Cc1ccc2c(c1)c1ccc[c-]c1c1nc(CC(C)(C)C)cn21.[Zn+][I]. The van der Waals surface area contributed by atoms with Crippen molar-refractivity contribution in [2.24, 2.45) is 5.41 Å². The third kappa shape index (κ3) is 3.75. The zero-order chi connectivity index (χ0) is 18.2. The molecule has 2 aromatic carbocycles. The molecule has 25 heavy (non-hydrogen) atoms. The average Bonchev–Trinajstić information content (AvgIpc) is 2.98. The molecule has 4 heteroatoms. The van der Waals surface area contributed by atoms with E-state index in [0.717, 1.165) is 23.1 Å². The minimum absolute atomic E-state index is 0.226. The number of rotatable bonds is 1. The Bertz CT molecular complexity index is 1040. The first-order chi connectivity index (χ1) is 11.9. The molecule has 0 aliphatic rings. The van der Waals surface area contributed by atoms with Crippen LogP contribution in [0.1, 0.15) is 32.0 Å².